The minimum atomic E-state index is -2.44. The molecular weight excluding hydrogens is 633 g/mol. The van der Waals surface area contributed by atoms with Crippen LogP contribution < -0.4 is 21.7 Å². The van der Waals surface area contributed by atoms with Crippen LogP contribution in [0.4, 0.5) is 22.0 Å². The molecule has 3 aliphatic heterocycles. The van der Waals surface area contributed by atoms with Crippen molar-refractivity contribution < 1.29 is 45.9 Å². The number of nitrogens with two attached hydrogens (primary N) is 1. The minimum absolute atomic E-state index is 0.0243. The number of nitrogens with one attached hydrogen (secondary N) is 3. The van der Waals surface area contributed by atoms with Crippen molar-refractivity contribution in [2.45, 2.75) is 62.2 Å². The molecule has 44 heavy (non-hydrogen) atoms. The van der Waals surface area contributed by atoms with Crippen molar-refractivity contribution in [2.75, 3.05) is 24.6 Å². The number of primary amides is 1. The summed E-state index contributed by atoms with van der Waals surface area (Å²) in [6, 6.07) is -3.97. The lowest BCUT2D eigenvalue weighted by molar-refractivity contribution is -0.142. The Morgan fingerprint density at radius 2 is 1.57 bits per heavy atom. The molecule has 3 fully saturated rings. The van der Waals surface area contributed by atoms with Gasteiger partial charge in [0.25, 0.3) is 5.91 Å². The zero-order valence-electron chi connectivity index (χ0n) is 24.0. The SMILES string of the molecule is CC(C)(C)[C@H](NC(=O)c1c(F)c(F)c(F)c(F)c1F)C(=O)N1CC2(C[C@H]1C(=O)N[C@@H](C[C@@H]1CCNC1=O)C(N)=O)SCCS2. The summed E-state index contributed by atoms with van der Waals surface area (Å²) in [6.07, 6.45) is 0.543. The van der Waals surface area contributed by atoms with Crippen molar-refractivity contribution >= 4 is 53.1 Å². The number of carbonyl (C=O) groups is 5. The van der Waals surface area contributed by atoms with Gasteiger partial charge in [-0.05, 0) is 18.3 Å². The van der Waals surface area contributed by atoms with Crippen LogP contribution in [0.1, 0.15) is 50.4 Å². The van der Waals surface area contributed by atoms with Crippen molar-refractivity contribution in [1.82, 2.24) is 20.9 Å². The molecule has 17 heteroatoms. The van der Waals surface area contributed by atoms with Crippen molar-refractivity contribution in [3.8, 4) is 0 Å². The highest BCUT2D eigenvalue weighted by Crippen LogP contribution is 2.52. The first-order chi connectivity index (χ1) is 20.5. The highest BCUT2D eigenvalue weighted by molar-refractivity contribution is 8.21. The number of halogens is 5. The van der Waals surface area contributed by atoms with Crippen LogP contribution in [-0.2, 0) is 19.2 Å². The third-order valence-corrected chi connectivity index (χ3v) is 11.3. The Hall–Kier alpha value is -3.08. The highest BCUT2D eigenvalue weighted by Gasteiger charge is 2.53. The summed E-state index contributed by atoms with van der Waals surface area (Å²) in [6.45, 7) is 4.95. The lowest BCUT2D eigenvalue weighted by Gasteiger charge is -2.36. The first kappa shape index (κ1) is 33.8. The van der Waals surface area contributed by atoms with Crippen molar-refractivity contribution in [3.05, 3.63) is 34.6 Å². The number of carbonyl (C=O) groups excluding carboxylic acids is 5. The molecule has 0 radical (unpaired) electrons. The van der Waals surface area contributed by atoms with E-state index in [-0.39, 0.29) is 25.3 Å². The number of benzene rings is 1. The Kier molecular flexibility index (Phi) is 9.78. The van der Waals surface area contributed by atoms with Crippen LogP contribution >= 0.6 is 23.5 Å². The fraction of sp³-hybridized carbons (Fsp3) is 0.593. The molecule has 0 aliphatic carbocycles. The van der Waals surface area contributed by atoms with Gasteiger partial charge in [-0.3, -0.25) is 24.0 Å². The zero-order chi connectivity index (χ0) is 32.7. The third-order valence-electron chi connectivity index (χ3n) is 7.86. The van der Waals surface area contributed by atoms with E-state index in [9.17, 15) is 45.9 Å². The number of thioether (sulfide) groups is 2. The fourth-order valence-electron chi connectivity index (χ4n) is 5.50. The summed E-state index contributed by atoms with van der Waals surface area (Å²) in [5, 5.41) is 7.33. The molecule has 0 bridgehead atoms. The van der Waals surface area contributed by atoms with E-state index in [0.717, 1.165) is 11.5 Å². The molecule has 5 amide bonds. The molecule has 10 nitrogen and oxygen atoms in total. The molecule has 3 aliphatic rings. The number of hydrogen-bond acceptors (Lipinski definition) is 7. The largest absolute Gasteiger partial charge is 0.368 e. The lowest BCUT2D eigenvalue weighted by atomic mass is 9.85. The van der Waals surface area contributed by atoms with Gasteiger partial charge >= 0.3 is 0 Å². The van der Waals surface area contributed by atoms with Crippen LogP contribution in [0.15, 0.2) is 0 Å². The highest BCUT2D eigenvalue weighted by atomic mass is 32.2. The van der Waals surface area contributed by atoms with Gasteiger partial charge in [-0.15, -0.1) is 23.5 Å². The maximum Gasteiger partial charge on any atom is 0.258 e. The summed E-state index contributed by atoms with van der Waals surface area (Å²) >= 11 is 3.05. The third kappa shape index (κ3) is 6.62. The van der Waals surface area contributed by atoms with E-state index < -0.39 is 91.8 Å². The Labute approximate surface area is 258 Å². The van der Waals surface area contributed by atoms with Crippen molar-refractivity contribution in [2.24, 2.45) is 17.1 Å². The molecule has 0 saturated carbocycles. The fourth-order valence-corrected chi connectivity index (χ4v) is 8.76. The number of amides is 5. The molecule has 5 N–H and O–H groups in total. The van der Waals surface area contributed by atoms with Crippen LogP contribution in [-0.4, -0.2) is 81.2 Å². The molecule has 3 heterocycles. The first-order valence-electron chi connectivity index (χ1n) is 13.8. The van der Waals surface area contributed by atoms with E-state index >= 15 is 0 Å². The zero-order valence-corrected chi connectivity index (χ0v) is 25.7. The second-order valence-electron chi connectivity index (χ2n) is 12.0. The summed E-state index contributed by atoms with van der Waals surface area (Å²) < 4.78 is 69.5. The average Bonchev–Trinajstić information content (AvgIpc) is 3.68. The van der Waals surface area contributed by atoms with Gasteiger partial charge in [0.1, 0.15) is 23.7 Å². The van der Waals surface area contributed by atoms with Gasteiger partial charge < -0.3 is 26.6 Å². The van der Waals surface area contributed by atoms with Gasteiger partial charge in [0.05, 0.1) is 4.08 Å². The number of hydrogen-bond donors (Lipinski definition) is 4. The van der Waals surface area contributed by atoms with Crippen LogP contribution in [0.2, 0.25) is 0 Å². The molecule has 1 aromatic rings. The smallest absolute Gasteiger partial charge is 0.258 e. The molecule has 1 spiro atoms. The normalized spacial score (nSPS) is 22.5. The standard InChI is InChI=1S/C27H32F5N5O5S2/c1-26(2,3)20(36-24(41)14-15(28)17(30)19(32)18(31)16(14)29)25(42)37-10-27(43-6-7-44-27)9-13(37)23(40)35-12(21(33)38)8-11-4-5-34-22(11)39/h11-13,20H,4-10H2,1-3H3,(H2,33,38)(H,34,39)(H,35,40)(H,36,41)/t11-,12-,13-,20+/m0/s1. The predicted octanol–water partition coefficient (Wildman–Crippen LogP) is 1.80. The van der Waals surface area contributed by atoms with Crippen LogP contribution in [0.5, 0.6) is 0 Å². The first-order valence-corrected chi connectivity index (χ1v) is 15.7. The topological polar surface area (TPSA) is 151 Å². The van der Waals surface area contributed by atoms with Gasteiger partial charge in [-0.2, -0.15) is 0 Å². The summed E-state index contributed by atoms with van der Waals surface area (Å²) in [7, 11) is 0. The van der Waals surface area contributed by atoms with Crippen LogP contribution in [0.3, 0.4) is 0 Å². The Morgan fingerprint density at radius 3 is 2.07 bits per heavy atom. The number of likely N-dealkylation sites (tertiary alicyclic amines) is 1. The van der Waals surface area contributed by atoms with Gasteiger partial charge in [0.2, 0.25) is 29.4 Å². The number of nitrogens with zero attached hydrogens (tertiary/aromatic N) is 1. The average molecular weight is 666 g/mol. The van der Waals surface area contributed by atoms with E-state index in [1.54, 1.807) is 0 Å². The van der Waals surface area contributed by atoms with E-state index in [1.807, 2.05) is 0 Å². The minimum Gasteiger partial charge on any atom is -0.368 e. The quantitative estimate of drug-likeness (QED) is 0.188. The second kappa shape index (κ2) is 12.7. The Bertz CT molecular complexity index is 1360. The van der Waals surface area contributed by atoms with Gasteiger partial charge in [0, 0.05) is 36.9 Å². The maximum atomic E-state index is 14.4. The summed E-state index contributed by atoms with van der Waals surface area (Å²) in [5.41, 5.74) is 2.60. The molecular formula is C27H32F5N5O5S2. The Balaban J connectivity index is 1.62. The van der Waals surface area contributed by atoms with Gasteiger partial charge in [-0.25, -0.2) is 22.0 Å². The van der Waals surface area contributed by atoms with Crippen molar-refractivity contribution in [1.29, 1.82) is 0 Å². The van der Waals surface area contributed by atoms with Crippen LogP contribution in [0, 0.1) is 40.4 Å². The van der Waals surface area contributed by atoms with E-state index in [2.05, 4.69) is 16.0 Å². The summed E-state index contributed by atoms with van der Waals surface area (Å²) in [4.78, 5) is 66.2. The molecule has 242 valence electrons. The molecule has 4 atom stereocenters. The van der Waals surface area contributed by atoms with E-state index in [4.69, 9.17) is 5.73 Å². The molecule has 0 unspecified atom stereocenters. The summed E-state index contributed by atoms with van der Waals surface area (Å²) in [5.74, 6) is -15.3. The maximum absolute atomic E-state index is 14.4. The molecule has 3 saturated heterocycles. The van der Waals surface area contributed by atoms with Gasteiger partial charge in [0.15, 0.2) is 23.3 Å². The van der Waals surface area contributed by atoms with Crippen LogP contribution in [0.25, 0.3) is 0 Å². The predicted molar refractivity (Wildman–Crippen MR) is 152 cm³/mol. The Morgan fingerprint density at radius 1 is 1.00 bits per heavy atom. The second-order valence-corrected chi connectivity index (χ2v) is 15.2. The van der Waals surface area contributed by atoms with E-state index in [0.29, 0.717) is 13.0 Å². The van der Waals surface area contributed by atoms with Crippen molar-refractivity contribution in [3.63, 3.8) is 0 Å². The van der Waals surface area contributed by atoms with E-state index in [1.165, 1.54) is 49.2 Å². The lowest BCUT2D eigenvalue weighted by Crippen LogP contribution is -2.59. The molecule has 0 aromatic heterocycles. The van der Waals surface area contributed by atoms with Gasteiger partial charge in [-0.1, -0.05) is 20.8 Å². The molecule has 4 rings (SSSR count). The monoisotopic (exact) mass is 665 g/mol. The number of rotatable bonds is 8. The molecule has 1 aromatic carbocycles.